The van der Waals surface area contributed by atoms with E-state index in [2.05, 4.69) is 5.32 Å². The summed E-state index contributed by atoms with van der Waals surface area (Å²) in [5.41, 5.74) is 0.903. The lowest BCUT2D eigenvalue weighted by molar-refractivity contribution is 0.476. The highest BCUT2D eigenvalue weighted by atomic mass is 32.2. The summed E-state index contributed by atoms with van der Waals surface area (Å²) in [5.74, 6) is 1.49. The molecule has 1 heterocycles. The van der Waals surface area contributed by atoms with Crippen LogP contribution in [0.15, 0.2) is 23.1 Å². The monoisotopic (exact) mass is 181 g/mol. The summed E-state index contributed by atoms with van der Waals surface area (Å²) in [7, 11) is 0. The van der Waals surface area contributed by atoms with Crippen LogP contribution >= 0.6 is 11.8 Å². The summed E-state index contributed by atoms with van der Waals surface area (Å²) in [5, 5.41) is 12.7. The van der Waals surface area contributed by atoms with Gasteiger partial charge in [0.25, 0.3) is 0 Å². The molecule has 0 bridgehead atoms. The van der Waals surface area contributed by atoms with Crippen LogP contribution in [0.4, 0.5) is 5.69 Å². The highest BCUT2D eigenvalue weighted by Crippen LogP contribution is 2.36. The first-order chi connectivity index (χ1) is 5.88. The maximum atomic E-state index is 9.51. The molecule has 0 saturated heterocycles. The Bertz CT molecular complexity index is 288. The average molecular weight is 181 g/mol. The van der Waals surface area contributed by atoms with Crippen molar-refractivity contribution in [2.75, 3.05) is 17.6 Å². The Morgan fingerprint density at radius 2 is 2.33 bits per heavy atom. The van der Waals surface area contributed by atoms with Gasteiger partial charge in [-0.2, -0.15) is 0 Å². The first kappa shape index (κ1) is 7.80. The molecule has 0 spiro atoms. The van der Waals surface area contributed by atoms with E-state index in [0.29, 0.717) is 5.75 Å². The highest BCUT2D eigenvalue weighted by Gasteiger charge is 2.10. The lowest BCUT2D eigenvalue weighted by Crippen LogP contribution is -1.99. The summed E-state index contributed by atoms with van der Waals surface area (Å²) in [6.07, 6.45) is 1.15. The molecule has 64 valence electrons. The normalized spacial score (nSPS) is 16.0. The fourth-order valence-electron chi connectivity index (χ4n) is 1.29. The van der Waals surface area contributed by atoms with E-state index >= 15 is 0 Å². The van der Waals surface area contributed by atoms with Crippen molar-refractivity contribution in [2.45, 2.75) is 11.3 Å². The van der Waals surface area contributed by atoms with Gasteiger partial charge in [0.15, 0.2) is 0 Å². The zero-order valence-electron chi connectivity index (χ0n) is 6.71. The summed E-state index contributed by atoms with van der Waals surface area (Å²) < 4.78 is 0. The smallest absolute Gasteiger partial charge is 0.139 e. The van der Waals surface area contributed by atoms with Crippen molar-refractivity contribution in [1.29, 1.82) is 0 Å². The van der Waals surface area contributed by atoms with Gasteiger partial charge in [0, 0.05) is 11.4 Å². The highest BCUT2D eigenvalue weighted by molar-refractivity contribution is 7.99. The fourth-order valence-corrected chi connectivity index (χ4v) is 2.29. The van der Waals surface area contributed by atoms with E-state index in [0.717, 1.165) is 29.3 Å². The number of benzene rings is 1. The van der Waals surface area contributed by atoms with E-state index in [1.807, 2.05) is 12.1 Å². The van der Waals surface area contributed by atoms with Crippen LogP contribution in [0.25, 0.3) is 0 Å². The molecule has 0 unspecified atom stereocenters. The van der Waals surface area contributed by atoms with E-state index in [9.17, 15) is 5.11 Å². The summed E-state index contributed by atoms with van der Waals surface area (Å²) in [6.45, 7) is 0.956. The number of hydrogen-bond acceptors (Lipinski definition) is 3. The second kappa shape index (κ2) is 3.27. The third kappa shape index (κ3) is 1.37. The number of thioether (sulfide) groups is 1. The van der Waals surface area contributed by atoms with Crippen LogP contribution in [0.3, 0.4) is 0 Å². The molecule has 1 aliphatic rings. The van der Waals surface area contributed by atoms with Crippen molar-refractivity contribution in [3.8, 4) is 5.75 Å². The molecule has 0 atom stereocenters. The Morgan fingerprint density at radius 3 is 3.25 bits per heavy atom. The molecule has 2 N–H and O–H groups in total. The molecule has 3 heteroatoms. The maximum Gasteiger partial charge on any atom is 0.139 e. The van der Waals surface area contributed by atoms with E-state index in [1.165, 1.54) is 0 Å². The Morgan fingerprint density at radius 1 is 1.42 bits per heavy atom. The number of nitrogens with one attached hydrogen (secondary N) is 1. The molecule has 2 rings (SSSR count). The van der Waals surface area contributed by atoms with Crippen LogP contribution < -0.4 is 5.32 Å². The SMILES string of the molecule is Oc1cccc2c1NCCCS2. The molecule has 0 amide bonds. The lowest BCUT2D eigenvalue weighted by Gasteiger charge is -2.07. The van der Waals surface area contributed by atoms with Crippen LogP contribution in [-0.2, 0) is 0 Å². The molecule has 0 radical (unpaired) electrons. The van der Waals surface area contributed by atoms with Crippen LogP contribution in [0.1, 0.15) is 6.42 Å². The van der Waals surface area contributed by atoms with Crippen molar-refractivity contribution in [2.24, 2.45) is 0 Å². The van der Waals surface area contributed by atoms with Gasteiger partial charge < -0.3 is 10.4 Å². The Labute approximate surface area is 76.0 Å². The summed E-state index contributed by atoms with van der Waals surface area (Å²) in [4.78, 5) is 1.16. The zero-order chi connectivity index (χ0) is 8.39. The van der Waals surface area contributed by atoms with Crippen molar-refractivity contribution in [3.63, 3.8) is 0 Å². The van der Waals surface area contributed by atoms with Gasteiger partial charge in [-0.15, -0.1) is 11.8 Å². The van der Waals surface area contributed by atoms with Crippen LogP contribution in [-0.4, -0.2) is 17.4 Å². The van der Waals surface area contributed by atoms with Gasteiger partial charge in [-0.3, -0.25) is 0 Å². The van der Waals surface area contributed by atoms with Crippen molar-refractivity contribution >= 4 is 17.4 Å². The molecule has 0 aliphatic carbocycles. The third-order valence-corrected chi connectivity index (χ3v) is 3.03. The summed E-state index contributed by atoms with van der Waals surface area (Å²) in [6, 6.07) is 5.64. The largest absolute Gasteiger partial charge is 0.506 e. The predicted octanol–water partition coefficient (Wildman–Crippen LogP) is 2.30. The van der Waals surface area contributed by atoms with E-state index in [-0.39, 0.29) is 0 Å². The van der Waals surface area contributed by atoms with Gasteiger partial charge in [-0.25, -0.2) is 0 Å². The number of fused-ring (bicyclic) bond motifs is 1. The van der Waals surface area contributed by atoms with E-state index < -0.39 is 0 Å². The molecule has 12 heavy (non-hydrogen) atoms. The maximum absolute atomic E-state index is 9.51. The number of rotatable bonds is 0. The molecule has 0 fully saturated rings. The molecule has 1 aromatic carbocycles. The molecule has 2 nitrogen and oxygen atoms in total. The van der Waals surface area contributed by atoms with Crippen molar-refractivity contribution in [1.82, 2.24) is 0 Å². The predicted molar refractivity (Wildman–Crippen MR) is 51.9 cm³/mol. The van der Waals surface area contributed by atoms with Gasteiger partial charge in [-0.05, 0) is 24.3 Å². The van der Waals surface area contributed by atoms with Gasteiger partial charge in [0.05, 0.1) is 5.69 Å². The molecule has 0 saturated carbocycles. The topological polar surface area (TPSA) is 32.3 Å². The third-order valence-electron chi connectivity index (χ3n) is 1.88. The van der Waals surface area contributed by atoms with Crippen LogP contribution in [0, 0.1) is 0 Å². The van der Waals surface area contributed by atoms with E-state index in [4.69, 9.17) is 0 Å². The number of para-hydroxylation sites is 1. The Hall–Kier alpha value is -0.830. The fraction of sp³-hybridized carbons (Fsp3) is 0.333. The quantitative estimate of drug-likeness (QED) is 0.602. The van der Waals surface area contributed by atoms with Gasteiger partial charge >= 0.3 is 0 Å². The minimum Gasteiger partial charge on any atom is -0.506 e. The molecule has 1 aromatic rings. The Kier molecular flexibility index (Phi) is 2.13. The van der Waals surface area contributed by atoms with Gasteiger partial charge in [-0.1, -0.05) is 6.07 Å². The number of hydrogen-bond donors (Lipinski definition) is 2. The molecular weight excluding hydrogens is 170 g/mol. The molecular formula is C9H11NOS. The molecule has 0 aromatic heterocycles. The minimum absolute atomic E-state index is 0.363. The van der Waals surface area contributed by atoms with Crippen molar-refractivity contribution in [3.05, 3.63) is 18.2 Å². The zero-order valence-corrected chi connectivity index (χ0v) is 7.53. The first-order valence-electron chi connectivity index (χ1n) is 4.06. The first-order valence-corrected chi connectivity index (χ1v) is 5.05. The number of aromatic hydroxyl groups is 1. The van der Waals surface area contributed by atoms with Gasteiger partial charge in [0.2, 0.25) is 0 Å². The second-order valence-electron chi connectivity index (χ2n) is 2.78. The average Bonchev–Trinajstić information content (AvgIpc) is 2.30. The summed E-state index contributed by atoms with van der Waals surface area (Å²) >= 11 is 1.80. The Balaban J connectivity index is 2.42. The minimum atomic E-state index is 0.363. The van der Waals surface area contributed by atoms with E-state index in [1.54, 1.807) is 17.8 Å². The number of anilines is 1. The lowest BCUT2D eigenvalue weighted by atomic mass is 10.3. The standard InChI is InChI=1S/C9H11NOS/c11-7-3-1-4-8-9(7)10-5-2-6-12-8/h1,3-4,10-11H,2,5-6H2. The van der Waals surface area contributed by atoms with Crippen molar-refractivity contribution < 1.29 is 5.11 Å². The van der Waals surface area contributed by atoms with Crippen LogP contribution in [0.2, 0.25) is 0 Å². The number of phenolic OH excluding ortho intramolecular Hbond substituents is 1. The van der Waals surface area contributed by atoms with Gasteiger partial charge in [0.1, 0.15) is 5.75 Å². The second-order valence-corrected chi connectivity index (χ2v) is 3.92. The molecule has 1 aliphatic heterocycles. The van der Waals surface area contributed by atoms with Crippen LogP contribution in [0.5, 0.6) is 5.75 Å². The number of phenols is 1.